The van der Waals surface area contributed by atoms with Crippen LogP contribution in [0.1, 0.15) is 11.1 Å². The molecule has 128 valence electrons. The summed E-state index contributed by atoms with van der Waals surface area (Å²) in [6.07, 6.45) is 6.95. The minimum atomic E-state index is -0.168. The van der Waals surface area contributed by atoms with E-state index in [1.165, 1.54) is 0 Å². The van der Waals surface area contributed by atoms with E-state index in [0.29, 0.717) is 18.1 Å². The van der Waals surface area contributed by atoms with Gasteiger partial charge in [-0.25, -0.2) is 14.8 Å². The zero-order valence-electron chi connectivity index (χ0n) is 13.8. The van der Waals surface area contributed by atoms with Crippen LogP contribution in [-0.4, -0.2) is 32.5 Å². The topological polar surface area (TPSA) is 63.1 Å². The van der Waals surface area contributed by atoms with Gasteiger partial charge in [0.25, 0.3) is 0 Å². The fourth-order valence-electron chi connectivity index (χ4n) is 2.34. The van der Waals surface area contributed by atoms with Gasteiger partial charge in [0, 0.05) is 43.8 Å². The molecule has 1 aromatic carbocycles. The van der Waals surface area contributed by atoms with Crippen LogP contribution in [0.2, 0.25) is 5.02 Å². The van der Waals surface area contributed by atoms with Crippen LogP contribution in [0.15, 0.2) is 61.3 Å². The third kappa shape index (κ3) is 4.36. The summed E-state index contributed by atoms with van der Waals surface area (Å²) in [7, 11) is 1.74. The molecule has 0 saturated carbocycles. The number of hydrogen-bond donors (Lipinski definition) is 1. The number of amides is 2. The first-order valence-electron chi connectivity index (χ1n) is 7.79. The van der Waals surface area contributed by atoms with Gasteiger partial charge in [-0.2, -0.15) is 0 Å². The molecule has 0 aliphatic heterocycles. The van der Waals surface area contributed by atoms with Crippen molar-refractivity contribution >= 4 is 17.6 Å². The number of hydrogen-bond acceptors (Lipinski definition) is 3. The molecule has 1 N–H and O–H groups in total. The Morgan fingerprint density at radius 1 is 1.28 bits per heavy atom. The molecule has 6 nitrogen and oxygen atoms in total. The molecule has 0 aliphatic carbocycles. The number of carbonyl (C=O) groups excluding carboxylic acids is 1. The SMILES string of the molecule is CN(Cc1ccccc1Cl)C(=O)NCc1ccc(-n2ccnc2)nc1. The lowest BCUT2D eigenvalue weighted by molar-refractivity contribution is 0.206. The number of imidazole rings is 1. The first-order chi connectivity index (χ1) is 12.1. The Morgan fingerprint density at radius 3 is 2.80 bits per heavy atom. The molecule has 0 bridgehead atoms. The smallest absolute Gasteiger partial charge is 0.317 e. The second-order valence-corrected chi connectivity index (χ2v) is 6.01. The number of carbonyl (C=O) groups is 1. The van der Waals surface area contributed by atoms with Crippen molar-refractivity contribution in [2.24, 2.45) is 0 Å². The number of aromatic nitrogens is 3. The van der Waals surface area contributed by atoms with Gasteiger partial charge in [0.15, 0.2) is 0 Å². The van der Waals surface area contributed by atoms with Crippen LogP contribution in [-0.2, 0) is 13.1 Å². The van der Waals surface area contributed by atoms with Gasteiger partial charge >= 0.3 is 6.03 Å². The van der Waals surface area contributed by atoms with Crippen LogP contribution in [0.5, 0.6) is 0 Å². The highest BCUT2D eigenvalue weighted by Gasteiger charge is 2.10. The maximum atomic E-state index is 12.2. The van der Waals surface area contributed by atoms with E-state index >= 15 is 0 Å². The van der Waals surface area contributed by atoms with Crippen LogP contribution in [0.25, 0.3) is 5.82 Å². The van der Waals surface area contributed by atoms with E-state index in [9.17, 15) is 4.79 Å². The summed E-state index contributed by atoms with van der Waals surface area (Å²) < 4.78 is 1.82. The van der Waals surface area contributed by atoms with E-state index in [4.69, 9.17) is 11.6 Å². The standard InChI is InChI=1S/C18H18ClN5O/c1-23(12-15-4-2-3-5-16(15)19)18(25)22-11-14-6-7-17(21-10-14)24-9-8-20-13-24/h2-10,13H,11-12H2,1H3,(H,22,25). The van der Waals surface area contributed by atoms with Crippen molar-refractivity contribution in [3.8, 4) is 5.82 Å². The molecule has 3 aromatic rings. The van der Waals surface area contributed by atoms with Crippen LogP contribution < -0.4 is 5.32 Å². The molecule has 7 heteroatoms. The Hall–Kier alpha value is -2.86. The lowest BCUT2D eigenvalue weighted by Crippen LogP contribution is -2.36. The highest BCUT2D eigenvalue weighted by Crippen LogP contribution is 2.16. The molecule has 0 unspecified atom stereocenters. The average Bonchev–Trinajstić information content (AvgIpc) is 3.16. The number of urea groups is 1. The minimum absolute atomic E-state index is 0.168. The number of rotatable bonds is 5. The molecule has 2 amide bonds. The Morgan fingerprint density at radius 2 is 2.12 bits per heavy atom. The lowest BCUT2D eigenvalue weighted by atomic mass is 10.2. The van der Waals surface area contributed by atoms with Gasteiger partial charge in [-0.1, -0.05) is 35.9 Å². The molecule has 25 heavy (non-hydrogen) atoms. The number of pyridine rings is 1. The van der Waals surface area contributed by atoms with Crippen molar-refractivity contribution in [1.29, 1.82) is 0 Å². The third-order valence-electron chi connectivity index (χ3n) is 3.73. The summed E-state index contributed by atoms with van der Waals surface area (Å²) in [5, 5.41) is 3.53. The fourth-order valence-corrected chi connectivity index (χ4v) is 2.53. The Labute approximate surface area is 151 Å². The maximum Gasteiger partial charge on any atom is 0.317 e. The molecular weight excluding hydrogens is 338 g/mol. The van der Waals surface area contributed by atoms with Crippen LogP contribution >= 0.6 is 11.6 Å². The Kier molecular flexibility index (Phi) is 5.30. The van der Waals surface area contributed by atoms with Crippen molar-refractivity contribution in [2.45, 2.75) is 13.1 Å². The normalized spacial score (nSPS) is 10.5. The summed E-state index contributed by atoms with van der Waals surface area (Å²) in [6, 6.07) is 11.1. The van der Waals surface area contributed by atoms with Gasteiger partial charge in [0.2, 0.25) is 0 Å². The lowest BCUT2D eigenvalue weighted by Gasteiger charge is -2.18. The largest absolute Gasteiger partial charge is 0.334 e. The quantitative estimate of drug-likeness (QED) is 0.764. The predicted octanol–water partition coefficient (Wildman–Crippen LogP) is 3.26. The van der Waals surface area contributed by atoms with Gasteiger partial charge < -0.3 is 10.2 Å². The highest BCUT2D eigenvalue weighted by molar-refractivity contribution is 6.31. The predicted molar refractivity (Wildman–Crippen MR) is 96.5 cm³/mol. The molecule has 2 aromatic heterocycles. The van der Waals surface area contributed by atoms with Crippen LogP contribution in [0.3, 0.4) is 0 Å². The molecular formula is C18H18ClN5O. The summed E-state index contributed by atoms with van der Waals surface area (Å²) in [4.78, 5) is 22.2. The van der Waals surface area contributed by atoms with Crippen molar-refractivity contribution in [1.82, 2.24) is 24.8 Å². The molecule has 0 aliphatic rings. The van der Waals surface area contributed by atoms with Crippen LogP contribution in [0.4, 0.5) is 4.79 Å². The summed E-state index contributed by atoms with van der Waals surface area (Å²) in [5.74, 6) is 0.781. The molecule has 0 atom stereocenters. The van der Waals surface area contributed by atoms with Crippen molar-refractivity contribution in [2.75, 3.05) is 7.05 Å². The zero-order chi connectivity index (χ0) is 17.6. The first-order valence-corrected chi connectivity index (χ1v) is 8.17. The van der Waals surface area contributed by atoms with E-state index in [0.717, 1.165) is 16.9 Å². The van der Waals surface area contributed by atoms with Crippen molar-refractivity contribution in [3.63, 3.8) is 0 Å². The van der Waals surface area contributed by atoms with E-state index in [2.05, 4.69) is 15.3 Å². The minimum Gasteiger partial charge on any atom is -0.334 e. The van der Waals surface area contributed by atoms with E-state index in [-0.39, 0.29) is 6.03 Å². The zero-order valence-corrected chi connectivity index (χ0v) is 14.5. The maximum absolute atomic E-state index is 12.2. The van der Waals surface area contributed by atoms with Crippen molar-refractivity contribution < 1.29 is 4.79 Å². The molecule has 0 radical (unpaired) electrons. The third-order valence-corrected chi connectivity index (χ3v) is 4.10. The van der Waals surface area contributed by atoms with E-state index in [1.54, 1.807) is 30.7 Å². The van der Waals surface area contributed by atoms with Gasteiger partial charge in [-0.15, -0.1) is 0 Å². The number of nitrogens with one attached hydrogen (secondary N) is 1. The molecule has 0 spiro atoms. The Balaban J connectivity index is 1.54. The number of halogens is 1. The van der Waals surface area contributed by atoms with Gasteiger partial charge in [0.1, 0.15) is 12.1 Å². The molecule has 3 rings (SSSR count). The molecule has 2 heterocycles. The molecule has 0 fully saturated rings. The molecule has 0 saturated heterocycles. The summed E-state index contributed by atoms with van der Waals surface area (Å²) in [5.41, 5.74) is 1.83. The Bertz CT molecular complexity index is 833. The monoisotopic (exact) mass is 355 g/mol. The average molecular weight is 356 g/mol. The van der Waals surface area contributed by atoms with E-state index in [1.807, 2.05) is 47.2 Å². The number of benzene rings is 1. The van der Waals surface area contributed by atoms with Crippen LogP contribution in [0, 0.1) is 0 Å². The summed E-state index contributed by atoms with van der Waals surface area (Å²) in [6.45, 7) is 0.853. The highest BCUT2D eigenvalue weighted by atomic mass is 35.5. The second kappa shape index (κ2) is 7.81. The summed E-state index contributed by atoms with van der Waals surface area (Å²) >= 11 is 6.13. The van der Waals surface area contributed by atoms with Crippen molar-refractivity contribution in [3.05, 3.63) is 77.5 Å². The van der Waals surface area contributed by atoms with E-state index < -0.39 is 0 Å². The van der Waals surface area contributed by atoms with Gasteiger partial charge in [0.05, 0.1) is 0 Å². The van der Waals surface area contributed by atoms with Gasteiger partial charge in [-0.3, -0.25) is 4.57 Å². The van der Waals surface area contributed by atoms with Gasteiger partial charge in [-0.05, 0) is 23.3 Å². The number of nitrogens with zero attached hydrogens (tertiary/aromatic N) is 4. The second-order valence-electron chi connectivity index (χ2n) is 5.60. The fraction of sp³-hybridized carbons (Fsp3) is 0.167. The first kappa shape index (κ1) is 17.0.